The Labute approximate surface area is 169 Å². The minimum Gasteiger partial charge on any atom is -0.486 e. The fraction of sp³-hybridized carbons (Fsp3) is 0.294. The number of ether oxygens (including phenoxy) is 2. The van der Waals surface area contributed by atoms with Crippen LogP contribution in [0.5, 0.6) is 5.75 Å². The molecule has 1 amide bonds. The van der Waals surface area contributed by atoms with Gasteiger partial charge in [-0.3, -0.25) is 9.78 Å². The average Bonchev–Trinajstić information content (AvgIpc) is 2.62. The van der Waals surface area contributed by atoms with Crippen molar-refractivity contribution in [3.05, 3.63) is 53.3 Å². The molecule has 0 spiro atoms. The third-order valence-corrected chi connectivity index (χ3v) is 3.83. The van der Waals surface area contributed by atoms with E-state index in [2.05, 4.69) is 15.6 Å². The van der Waals surface area contributed by atoms with E-state index in [0.29, 0.717) is 42.8 Å². The molecular weight excluding hydrogens is 401 g/mol. The molecule has 2 aromatic rings. The summed E-state index contributed by atoms with van der Waals surface area (Å²) in [6, 6.07) is 10.4. The second-order valence-electron chi connectivity index (χ2n) is 5.33. The summed E-state index contributed by atoms with van der Waals surface area (Å²) < 4.78 is 10.9. The number of pyridine rings is 1. The van der Waals surface area contributed by atoms with Crippen LogP contribution in [-0.2, 0) is 16.1 Å². The molecule has 1 aliphatic heterocycles. The molecule has 0 aliphatic carbocycles. The van der Waals surface area contributed by atoms with E-state index in [1.165, 1.54) is 0 Å². The van der Waals surface area contributed by atoms with Crippen molar-refractivity contribution < 1.29 is 14.3 Å². The molecule has 3 rings (SSSR count). The van der Waals surface area contributed by atoms with Crippen LogP contribution in [0.1, 0.15) is 5.69 Å². The molecule has 1 aliphatic rings. The van der Waals surface area contributed by atoms with Gasteiger partial charge in [-0.15, -0.1) is 24.8 Å². The van der Waals surface area contributed by atoms with Crippen LogP contribution in [0.4, 0.5) is 5.69 Å². The predicted octanol–water partition coefficient (Wildman–Crippen LogP) is 3.08. The van der Waals surface area contributed by atoms with Gasteiger partial charge in [0.15, 0.2) is 0 Å². The van der Waals surface area contributed by atoms with Crippen molar-refractivity contribution in [1.82, 2.24) is 10.3 Å². The first-order valence-electron chi connectivity index (χ1n) is 7.66. The maximum Gasteiger partial charge on any atom is 0.243 e. The lowest BCUT2D eigenvalue weighted by Crippen LogP contribution is -2.48. The largest absolute Gasteiger partial charge is 0.486 e. The maximum atomic E-state index is 12.1. The number of anilines is 1. The van der Waals surface area contributed by atoms with Crippen LogP contribution in [0.15, 0.2) is 42.6 Å². The second-order valence-corrected chi connectivity index (χ2v) is 5.73. The molecule has 1 unspecified atom stereocenters. The van der Waals surface area contributed by atoms with Crippen molar-refractivity contribution >= 4 is 48.0 Å². The van der Waals surface area contributed by atoms with Gasteiger partial charge in [0.1, 0.15) is 18.4 Å². The number of carbonyl (C=O) groups excluding carboxylic acids is 1. The van der Waals surface area contributed by atoms with Gasteiger partial charge in [-0.25, -0.2) is 0 Å². The van der Waals surface area contributed by atoms with Gasteiger partial charge in [0.25, 0.3) is 0 Å². The lowest BCUT2D eigenvalue weighted by Gasteiger charge is -2.23. The zero-order chi connectivity index (χ0) is 16.8. The number of carbonyl (C=O) groups is 1. The summed E-state index contributed by atoms with van der Waals surface area (Å²) in [6.07, 6.45) is 1.71. The number of morpholine rings is 1. The summed E-state index contributed by atoms with van der Waals surface area (Å²) in [6.45, 7) is 1.98. The Kier molecular flexibility index (Phi) is 9.69. The van der Waals surface area contributed by atoms with Crippen LogP contribution in [-0.4, -0.2) is 36.7 Å². The average molecular weight is 421 g/mol. The van der Waals surface area contributed by atoms with Crippen LogP contribution < -0.4 is 15.4 Å². The van der Waals surface area contributed by atoms with E-state index in [0.717, 1.165) is 5.69 Å². The number of hydrogen-bond acceptors (Lipinski definition) is 5. The third kappa shape index (κ3) is 6.30. The van der Waals surface area contributed by atoms with Gasteiger partial charge in [-0.2, -0.15) is 0 Å². The Balaban J connectivity index is 0.00000169. The fourth-order valence-corrected chi connectivity index (χ4v) is 2.53. The van der Waals surface area contributed by atoms with Gasteiger partial charge >= 0.3 is 0 Å². The number of rotatable bonds is 5. The topological polar surface area (TPSA) is 72.5 Å². The number of halogens is 3. The number of hydrogen-bond donors (Lipinski definition) is 2. The van der Waals surface area contributed by atoms with Gasteiger partial charge in [0.2, 0.25) is 5.91 Å². The van der Waals surface area contributed by atoms with Gasteiger partial charge in [-0.1, -0.05) is 17.7 Å². The molecule has 1 saturated heterocycles. The summed E-state index contributed by atoms with van der Waals surface area (Å²) in [7, 11) is 0. The number of nitrogens with zero attached hydrogens (tertiary/aromatic N) is 1. The van der Waals surface area contributed by atoms with Crippen LogP contribution >= 0.6 is 36.4 Å². The fourth-order valence-electron chi connectivity index (χ4n) is 2.29. The molecule has 2 N–H and O–H groups in total. The van der Waals surface area contributed by atoms with Crippen molar-refractivity contribution in [2.45, 2.75) is 12.6 Å². The molecule has 6 nitrogen and oxygen atoms in total. The predicted molar refractivity (Wildman–Crippen MR) is 106 cm³/mol. The molecular formula is C17H20Cl3N3O3. The van der Waals surface area contributed by atoms with E-state index in [1.807, 2.05) is 18.2 Å². The van der Waals surface area contributed by atoms with Crippen LogP contribution in [0, 0.1) is 0 Å². The summed E-state index contributed by atoms with van der Waals surface area (Å²) in [5, 5.41) is 6.35. The highest BCUT2D eigenvalue weighted by molar-refractivity contribution is 6.32. The van der Waals surface area contributed by atoms with Crippen molar-refractivity contribution in [3.8, 4) is 5.75 Å². The van der Waals surface area contributed by atoms with Gasteiger partial charge < -0.3 is 20.1 Å². The summed E-state index contributed by atoms with van der Waals surface area (Å²) >= 11 is 6.23. The van der Waals surface area contributed by atoms with Crippen LogP contribution in [0.3, 0.4) is 0 Å². The van der Waals surface area contributed by atoms with E-state index in [9.17, 15) is 4.79 Å². The van der Waals surface area contributed by atoms with Crippen LogP contribution in [0.25, 0.3) is 0 Å². The number of amides is 1. The zero-order valence-electron chi connectivity index (χ0n) is 13.8. The number of benzene rings is 1. The van der Waals surface area contributed by atoms with Crippen molar-refractivity contribution in [1.29, 1.82) is 0 Å². The van der Waals surface area contributed by atoms with Crippen molar-refractivity contribution in [2.75, 3.05) is 25.1 Å². The smallest absolute Gasteiger partial charge is 0.243 e. The van der Waals surface area contributed by atoms with Crippen LogP contribution in [0.2, 0.25) is 5.02 Å². The molecule has 0 saturated carbocycles. The SMILES string of the molecule is Cl.Cl.O=C(Nc1ccc(OCc2ccccn2)c(Cl)c1)C1COCCN1. The molecule has 1 atom stereocenters. The minimum absolute atomic E-state index is 0. The first-order valence-corrected chi connectivity index (χ1v) is 8.04. The van der Waals surface area contributed by atoms with Crippen molar-refractivity contribution in [2.24, 2.45) is 0 Å². The molecule has 1 aromatic carbocycles. The maximum absolute atomic E-state index is 12.1. The summed E-state index contributed by atoms with van der Waals surface area (Å²) in [5.41, 5.74) is 1.43. The standard InChI is InChI=1S/C17H18ClN3O3.2ClH/c18-14-9-12(21-17(22)15-11-23-8-7-20-15)4-5-16(14)24-10-13-3-1-2-6-19-13;;/h1-6,9,15,20H,7-8,10-11H2,(H,21,22);2*1H. The van der Waals surface area contributed by atoms with E-state index < -0.39 is 0 Å². The molecule has 26 heavy (non-hydrogen) atoms. The molecule has 0 bridgehead atoms. The van der Waals surface area contributed by atoms with E-state index in [1.54, 1.807) is 24.4 Å². The minimum atomic E-state index is -0.349. The van der Waals surface area contributed by atoms with E-state index in [-0.39, 0.29) is 36.8 Å². The lowest BCUT2D eigenvalue weighted by molar-refractivity contribution is -0.120. The van der Waals surface area contributed by atoms with Gasteiger partial charge in [-0.05, 0) is 30.3 Å². The Morgan fingerprint density at radius 2 is 2.19 bits per heavy atom. The first kappa shape index (κ1) is 22.5. The molecule has 1 fully saturated rings. The third-order valence-electron chi connectivity index (χ3n) is 3.54. The second kappa shape index (κ2) is 11.2. The first-order chi connectivity index (χ1) is 11.7. The molecule has 2 heterocycles. The van der Waals surface area contributed by atoms with Crippen molar-refractivity contribution in [3.63, 3.8) is 0 Å². The van der Waals surface area contributed by atoms with Gasteiger partial charge in [0, 0.05) is 18.4 Å². The monoisotopic (exact) mass is 419 g/mol. The Morgan fingerprint density at radius 1 is 1.35 bits per heavy atom. The quantitative estimate of drug-likeness (QED) is 0.778. The highest BCUT2D eigenvalue weighted by Crippen LogP contribution is 2.28. The summed E-state index contributed by atoms with van der Waals surface area (Å²) in [4.78, 5) is 16.3. The Morgan fingerprint density at radius 3 is 2.85 bits per heavy atom. The lowest BCUT2D eigenvalue weighted by atomic mass is 10.2. The highest BCUT2D eigenvalue weighted by atomic mass is 35.5. The molecule has 0 radical (unpaired) electrons. The number of aromatic nitrogens is 1. The molecule has 9 heteroatoms. The number of nitrogens with one attached hydrogen (secondary N) is 2. The summed E-state index contributed by atoms with van der Waals surface area (Å²) in [5.74, 6) is 0.396. The Hall–Kier alpha value is -1.57. The highest BCUT2D eigenvalue weighted by Gasteiger charge is 2.21. The Bertz CT molecular complexity index is 698. The zero-order valence-corrected chi connectivity index (χ0v) is 16.2. The van der Waals surface area contributed by atoms with Gasteiger partial charge in [0.05, 0.1) is 23.9 Å². The van der Waals surface area contributed by atoms with E-state index >= 15 is 0 Å². The van der Waals surface area contributed by atoms with E-state index in [4.69, 9.17) is 21.1 Å². The molecule has 1 aromatic heterocycles. The molecule has 142 valence electrons. The normalized spacial score (nSPS) is 16.0.